The van der Waals surface area contributed by atoms with Crippen molar-refractivity contribution in [3.05, 3.63) is 64.7 Å². The van der Waals surface area contributed by atoms with Gasteiger partial charge in [-0.3, -0.25) is 0 Å². The van der Waals surface area contributed by atoms with Gasteiger partial charge in [0.15, 0.2) is 0 Å². The summed E-state index contributed by atoms with van der Waals surface area (Å²) in [5, 5.41) is 9.09. The second kappa shape index (κ2) is 5.99. The van der Waals surface area contributed by atoms with E-state index in [4.69, 9.17) is 15.7 Å². The Hall–Kier alpha value is -2.31. The van der Waals surface area contributed by atoms with Crippen LogP contribution in [-0.4, -0.2) is 0 Å². The molecule has 21 heavy (non-hydrogen) atoms. The smallest absolute Gasteiger partial charge is 0.120 e. The topological polar surface area (TPSA) is 59.0 Å². The molecule has 0 saturated heterocycles. The SMILES string of the molecule is N#Cc1ccccc1COc1ccc2c(c1)[C@@H](N)CCC2. The molecule has 2 N–H and O–H groups in total. The zero-order valence-corrected chi connectivity index (χ0v) is 11.9. The molecule has 0 aromatic heterocycles. The van der Waals surface area contributed by atoms with E-state index in [1.54, 1.807) is 0 Å². The molecular weight excluding hydrogens is 260 g/mol. The molecule has 3 rings (SSSR count). The first-order chi connectivity index (χ1) is 10.3. The van der Waals surface area contributed by atoms with Gasteiger partial charge in [0.25, 0.3) is 0 Å². The molecule has 1 aliphatic carbocycles. The molecule has 3 nitrogen and oxygen atoms in total. The quantitative estimate of drug-likeness (QED) is 0.935. The lowest BCUT2D eigenvalue weighted by Gasteiger charge is -2.22. The van der Waals surface area contributed by atoms with E-state index in [0.717, 1.165) is 30.6 Å². The number of nitrogens with zero attached hydrogens (tertiary/aromatic N) is 1. The van der Waals surface area contributed by atoms with Crippen molar-refractivity contribution in [3.63, 3.8) is 0 Å². The van der Waals surface area contributed by atoms with E-state index < -0.39 is 0 Å². The summed E-state index contributed by atoms with van der Waals surface area (Å²) >= 11 is 0. The van der Waals surface area contributed by atoms with Crippen LogP contribution >= 0.6 is 0 Å². The van der Waals surface area contributed by atoms with Gasteiger partial charge in [0.2, 0.25) is 0 Å². The molecule has 0 bridgehead atoms. The van der Waals surface area contributed by atoms with Gasteiger partial charge in [-0.1, -0.05) is 24.3 Å². The Labute approximate surface area is 125 Å². The molecule has 2 aromatic rings. The number of hydrogen-bond acceptors (Lipinski definition) is 3. The van der Waals surface area contributed by atoms with Gasteiger partial charge in [-0.05, 0) is 48.6 Å². The van der Waals surface area contributed by atoms with Crippen LogP contribution in [0, 0.1) is 11.3 Å². The Kier molecular flexibility index (Phi) is 3.89. The van der Waals surface area contributed by atoms with Crippen molar-refractivity contribution in [2.24, 2.45) is 5.73 Å². The highest BCUT2D eigenvalue weighted by Crippen LogP contribution is 2.31. The zero-order valence-electron chi connectivity index (χ0n) is 11.9. The van der Waals surface area contributed by atoms with Crippen molar-refractivity contribution < 1.29 is 4.74 Å². The zero-order chi connectivity index (χ0) is 14.7. The van der Waals surface area contributed by atoms with Gasteiger partial charge < -0.3 is 10.5 Å². The summed E-state index contributed by atoms with van der Waals surface area (Å²) in [5.41, 5.74) is 10.3. The maximum Gasteiger partial charge on any atom is 0.120 e. The van der Waals surface area contributed by atoms with Crippen LogP contribution in [0.25, 0.3) is 0 Å². The second-order valence-corrected chi connectivity index (χ2v) is 5.42. The third-order valence-corrected chi connectivity index (χ3v) is 4.01. The van der Waals surface area contributed by atoms with Crippen LogP contribution < -0.4 is 10.5 Å². The van der Waals surface area contributed by atoms with E-state index >= 15 is 0 Å². The lowest BCUT2D eigenvalue weighted by atomic mass is 9.88. The molecule has 2 aromatic carbocycles. The predicted molar refractivity (Wildman–Crippen MR) is 81.8 cm³/mol. The van der Waals surface area contributed by atoms with Crippen LogP contribution in [0.2, 0.25) is 0 Å². The summed E-state index contributed by atoms with van der Waals surface area (Å²) in [6, 6.07) is 16.0. The monoisotopic (exact) mass is 278 g/mol. The van der Waals surface area contributed by atoms with Crippen LogP contribution in [-0.2, 0) is 13.0 Å². The molecule has 106 valence electrons. The predicted octanol–water partition coefficient (Wildman–Crippen LogP) is 3.47. The summed E-state index contributed by atoms with van der Waals surface area (Å²) < 4.78 is 5.84. The molecule has 3 heteroatoms. The minimum Gasteiger partial charge on any atom is -0.489 e. The van der Waals surface area contributed by atoms with Gasteiger partial charge >= 0.3 is 0 Å². The molecule has 1 aliphatic rings. The van der Waals surface area contributed by atoms with Crippen LogP contribution in [0.15, 0.2) is 42.5 Å². The molecule has 1 atom stereocenters. The van der Waals surface area contributed by atoms with Crippen molar-refractivity contribution in [1.29, 1.82) is 5.26 Å². The fourth-order valence-corrected chi connectivity index (χ4v) is 2.82. The number of rotatable bonds is 3. The van der Waals surface area contributed by atoms with E-state index in [-0.39, 0.29) is 6.04 Å². The van der Waals surface area contributed by atoms with E-state index in [1.807, 2.05) is 36.4 Å². The number of hydrogen-bond donors (Lipinski definition) is 1. The molecule has 0 aliphatic heterocycles. The number of ether oxygens (including phenoxy) is 1. The molecule has 0 unspecified atom stereocenters. The number of aryl methyl sites for hydroxylation is 1. The maximum atomic E-state index is 9.09. The third-order valence-electron chi connectivity index (χ3n) is 4.01. The standard InChI is InChI=1S/C18H18N2O/c19-11-14-4-1-2-5-15(14)12-21-16-9-8-13-6-3-7-18(20)17(13)10-16/h1-2,4-5,8-10,18H,3,6-7,12,20H2/t18-/m0/s1. The van der Waals surface area contributed by atoms with Crippen LogP contribution in [0.5, 0.6) is 5.75 Å². The number of nitriles is 1. The van der Waals surface area contributed by atoms with Crippen molar-refractivity contribution in [2.75, 3.05) is 0 Å². The first-order valence-corrected chi connectivity index (χ1v) is 7.27. The third kappa shape index (κ3) is 2.91. The Balaban J connectivity index is 1.77. The lowest BCUT2D eigenvalue weighted by molar-refractivity contribution is 0.305. The first-order valence-electron chi connectivity index (χ1n) is 7.27. The fraction of sp³-hybridized carbons (Fsp3) is 0.278. The Bertz CT molecular complexity index is 688. The van der Waals surface area contributed by atoms with Crippen LogP contribution in [0.4, 0.5) is 0 Å². The molecule has 0 radical (unpaired) electrons. The highest BCUT2D eigenvalue weighted by atomic mass is 16.5. The second-order valence-electron chi connectivity index (χ2n) is 5.42. The average Bonchev–Trinajstić information content (AvgIpc) is 2.54. The number of nitrogens with two attached hydrogens (primary N) is 1. The van der Waals surface area contributed by atoms with Gasteiger partial charge in [-0.2, -0.15) is 5.26 Å². The van der Waals surface area contributed by atoms with Crippen molar-refractivity contribution in [1.82, 2.24) is 0 Å². The van der Waals surface area contributed by atoms with Crippen molar-refractivity contribution >= 4 is 0 Å². The Morgan fingerprint density at radius 1 is 1.24 bits per heavy atom. The van der Waals surface area contributed by atoms with E-state index in [1.165, 1.54) is 11.1 Å². The summed E-state index contributed by atoms with van der Waals surface area (Å²) in [6.07, 6.45) is 3.29. The molecule has 0 fully saturated rings. The Morgan fingerprint density at radius 3 is 2.95 bits per heavy atom. The Morgan fingerprint density at radius 2 is 2.10 bits per heavy atom. The van der Waals surface area contributed by atoms with Gasteiger partial charge in [0.05, 0.1) is 11.6 Å². The van der Waals surface area contributed by atoms with Gasteiger partial charge in [-0.15, -0.1) is 0 Å². The van der Waals surface area contributed by atoms with Gasteiger partial charge in [-0.25, -0.2) is 0 Å². The number of fused-ring (bicyclic) bond motifs is 1. The fourth-order valence-electron chi connectivity index (χ4n) is 2.82. The van der Waals surface area contributed by atoms with Gasteiger partial charge in [0.1, 0.15) is 12.4 Å². The van der Waals surface area contributed by atoms with E-state index in [9.17, 15) is 0 Å². The summed E-state index contributed by atoms with van der Waals surface area (Å²) in [7, 11) is 0. The summed E-state index contributed by atoms with van der Waals surface area (Å²) in [6.45, 7) is 0.401. The van der Waals surface area contributed by atoms with Gasteiger partial charge in [0, 0.05) is 11.6 Å². The molecule has 0 spiro atoms. The van der Waals surface area contributed by atoms with E-state index in [2.05, 4.69) is 12.1 Å². The lowest BCUT2D eigenvalue weighted by Crippen LogP contribution is -2.17. The summed E-state index contributed by atoms with van der Waals surface area (Å²) in [5.74, 6) is 0.818. The molecule has 0 heterocycles. The first kappa shape index (κ1) is 13.7. The summed E-state index contributed by atoms with van der Waals surface area (Å²) in [4.78, 5) is 0. The maximum absolute atomic E-state index is 9.09. The minimum atomic E-state index is 0.115. The normalized spacial score (nSPS) is 16.9. The van der Waals surface area contributed by atoms with Crippen molar-refractivity contribution in [3.8, 4) is 11.8 Å². The number of benzene rings is 2. The van der Waals surface area contributed by atoms with Crippen molar-refractivity contribution in [2.45, 2.75) is 31.9 Å². The van der Waals surface area contributed by atoms with E-state index in [0.29, 0.717) is 12.2 Å². The average molecular weight is 278 g/mol. The molecule has 0 amide bonds. The van der Waals surface area contributed by atoms with Crippen LogP contribution in [0.3, 0.4) is 0 Å². The minimum absolute atomic E-state index is 0.115. The highest BCUT2D eigenvalue weighted by Gasteiger charge is 2.17. The molecular formula is C18H18N2O. The molecule has 0 saturated carbocycles. The highest BCUT2D eigenvalue weighted by molar-refractivity contribution is 5.40. The van der Waals surface area contributed by atoms with Crippen LogP contribution in [0.1, 0.15) is 41.1 Å². The largest absolute Gasteiger partial charge is 0.489 e.